The van der Waals surface area contributed by atoms with Gasteiger partial charge in [-0.2, -0.15) is 0 Å². The predicted molar refractivity (Wildman–Crippen MR) is 138 cm³/mol. The van der Waals surface area contributed by atoms with Crippen LogP contribution in [0.25, 0.3) is 22.4 Å². The van der Waals surface area contributed by atoms with Crippen molar-refractivity contribution in [2.45, 2.75) is 25.2 Å². The maximum absolute atomic E-state index is 14.6. The molecule has 2 amide bonds. The van der Waals surface area contributed by atoms with Crippen molar-refractivity contribution < 1.29 is 23.4 Å². The Morgan fingerprint density at radius 2 is 1.97 bits per heavy atom. The number of amides is 2. The highest BCUT2D eigenvalue weighted by atomic mass is 35.5. The summed E-state index contributed by atoms with van der Waals surface area (Å²) in [6.45, 7) is 0. The van der Waals surface area contributed by atoms with Gasteiger partial charge >= 0.3 is 0 Å². The first-order valence-corrected chi connectivity index (χ1v) is 12.6. The molecule has 7 nitrogen and oxygen atoms in total. The van der Waals surface area contributed by atoms with Crippen LogP contribution in [0.1, 0.15) is 36.7 Å². The molecule has 6 rings (SSSR count). The van der Waals surface area contributed by atoms with Crippen molar-refractivity contribution in [3.8, 4) is 22.4 Å². The molecule has 1 saturated carbocycles. The first-order chi connectivity index (χ1) is 18.4. The average molecular weight is 535 g/mol. The lowest BCUT2D eigenvalue weighted by Gasteiger charge is -2.15. The third-order valence-corrected chi connectivity index (χ3v) is 7.63. The van der Waals surface area contributed by atoms with Gasteiger partial charge in [-0.05, 0) is 61.1 Å². The van der Waals surface area contributed by atoms with Crippen LogP contribution >= 0.6 is 11.6 Å². The van der Waals surface area contributed by atoms with Gasteiger partial charge in [-0.15, -0.1) is 0 Å². The molecule has 2 aliphatic rings. The Morgan fingerprint density at radius 3 is 2.76 bits per heavy atom. The lowest BCUT2D eigenvalue weighted by Crippen LogP contribution is -2.19. The van der Waals surface area contributed by atoms with Crippen LogP contribution in [0.5, 0.6) is 0 Å². The number of rotatable bonds is 4. The van der Waals surface area contributed by atoms with Gasteiger partial charge in [0.2, 0.25) is 12.3 Å². The second kappa shape index (κ2) is 9.64. The van der Waals surface area contributed by atoms with Crippen LogP contribution < -0.4 is 15.6 Å². The number of carbonyl (C=O) groups excluding carboxylic acids is 2. The molecule has 1 aliphatic carbocycles. The van der Waals surface area contributed by atoms with Crippen molar-refractivity contribution in [3.63, 3.8) is 0 Å². The van der Waals surface area contributed by atoms with Crippen LogP contribution in [0.2, 0.25) is 5.02 Å². The minimum absolute atomic E-state index is 0.0830. The molecule has 1 aliphatic heterocycles. The molecule has 3 atom stereocenters. The van der Waals surface area contributed by atoms with Crippen LogP contribution in [-0.2, 0) is 9.59 Å². The molecule has 4 N–H and O–H groups in total. The summed E-state index contributed by atoms with van der Waals surface area (Å²) >= 11 is 5.88. The molecule has 0 radical (unpaired) electrons. The van der Waals surface area contributed by atoms with Gasteiger partial charge in [0.25, 0.3) is 0 Å². The molecule has 1 fully saturated rings. The molecule has 4 aromatic rings. The smallest absolute Gasteiger partial charge is 0.224 e. The summed E-state index contributed by atoms with van der Waals surface area (Å²) in [6, 6.07) is 11.1. The number of aromatic amines is 2. The number of hydrogen-bond acceptors (Lipinski definition) is 3. The van der Waals surface area contributed by atoms with E-state index in [9.17, 15) is 18.4 Å². The van der Waals surface area contributed by atoms with Crippen LogP contribution in [0.15, 0.2) is 54.9 Å². The van der Waals surface area contributed by atoms with Gasteiger partial charge in [-0.1, -0.05) is 11.6 Å². The summed E-state index contributed by atoms with van der Waals surface area (Å²) in [5.41, 5.74) is 3.58. The molecule has 10 heteroatoms. The van der Waals surface area contributed by atoms with E-state index in [1.807, 2.05) is 12.1 Å². The van der Waals surface area contributed by atoms with Crippen LogP contribution in [0, 0.1) is 23.5 Å². The predicted octanol–water partition coefficient (Wildman–Crippen LogP) is 5.56. The number of pyridine rings is 1. The van der Waals surface area contributed by atoms with E-state index in [2.05, 4.69) is 25.6 Å². The summed E-state index contributed by atoms with van der Waals surface area (Å²) in [7, 11) is 0. The van der Waals surface area contributed by atoms with E-state index in [0.717, 1.165) is 36.0 Å². The summed E-state index contributed by atoms with van der Waals surface area (Å²) in [5.74, 6) is -0.415. The van der Waals surface area contributed by atoms with Crippen molar-refractivity contribution in [2.75, 3.05) is 10.6 Å². The number of halogens is 3. The van der Waals surface area contributed by atoms with Gasteiger partial charge in [-0.25, -0.2) is 18.7 Å². The molecule has 2 bridgehead atoms. The second-order valence-electron chi connectivity index (χ2n) is 9.75. The summed E-state index contributed by atoms with van der Waals surface area (Å²) in [5, 5.41) is 5.46. The zero-order chi connectivity index (χ0) is 26.4. The molecule has 0 spiro atoms. The normalized spacial score (nSPS) is 20.3. The lowest BCUT2D eigenvalue weighted by atomic mass is 9.94. The number of nitrogens with one attached hydrogen (secondary N) is 4. The zero-order valence-corrected chi connectivity index (χ0v) is 20.8. The summed E-state index contributed by atoms with van der Waals surface area (Å²) in [6.07, 6.45) is 5.96. The number of carbonyl (C=O) groups is 2. The molecular weight excluding hydrogens is 512 g/mol. The van der Waals surface area contributed by atoms with Gasteiger partial charge in [0.15, 0.2) is 17.7 Å². The van der Waals surface area contributed by atoms with E-state index in [4.69, 9.17) is 11.6 Å². The highest BCUT2D eigenvalue weighted by Crippen LogP contribution is 2.48. The number of anilines is 2. The number of H-pyrrole nitrogens is 2. The number of aromatic nitrogens is 3. The number of fused-ring (bicyclic) bond motifs is 5. The van der Waals surface area contributed by atoms with Crippen molar-refractivity contribution in [1.82, 2.24) is 9.97 Å². The number of hydrogen-bond donors (Lipinski definition) is 3. The van der Waals surface area contributed by atoms with Gasteiger partial charge in [0.05, 0.1) is 33.7 Å². The Kier molecular flexibility index (Phi) is 6.15. The van der Waals surface area contributed by atoms with Gasteiger partial charge in [0, 0.05) is 23.7 Å². The number of imidazole rings is 1. The summed E-state index contributed by atoms with van der Waals surface area (Å²) < 4.78 is 29.0. The molecule has 3 unspecified atom stereocenters. The maximum atomic E-state index is 14.6. The second-order valence-corrected chi connectivity index (χ2v) is 10.2. The first kappa shape index (κ1) is 24.2. The molecule has 38 heavy (non-hydrogen) atoms. The minimum atomic E-state index is -0.807. The molecule has 0 saturated heterocycles. The first-order valence-electron chi connectivity index (χ1n) is 12.3. The molecule has 2 aromatic carbocycles. The van der Waals surface area contributed by atoms with Crippen LogP contribution in [0.3, 0.4) is 0 Å². The topological polar surface area (TPSA) is 101 Å². The quantitative estimate of drug-likeness (QED) is 0.236. The van der Waals surface area contributed by atoms with E-state index in [1.165, 1.54) is 6.07 Å². The lowest BCUT2D eigenvalue weighted by molar-refractivity contribution is -0.391. The van der Waals surface area contributed by atoms with Crippen molar-refractivity contribution in [1.29, 1.82) is 0 Å². The average Bonchev–Trinajstić information content (AvgIpc) is 3.43. The van der Waals surface area contributed by atoms with E-state index >= 15 is 0 Å². The Balaban J connectivity index is 1.39. The fourth-order valence-corrected chi connectivity index (χ4v) is 5.43. The van der Waals surface area contributed by atoms with Crippen molar-refractivity contribution in [2.24, 2.45) is 11.8 Å². The number of benzene rings is 2. The Morgan fingerprint density at radius 1 is 1.11 bits per heavy atom. The minimum Gasteiger partial charge on any atom is -0.341 e. The fraction of sp³-hybridized carbons (Fsp3) is 0.214. The van der Waals surface area contributed by atoms with E-state index in [-0.39, 0.29) is 28.3 Å². The zero-order valence-electron chi connectivity index (χ0n) is 20.0. The third kappa shape index (κ3) is 4.54. The largest absolute Gasteiger partial charge is 0.341 e. The van der Waals surface area contributed by atoms with Crippen molar-refractivity contribution >= 4 is 35.3 Å². The van der Waals surface area contributed by atoms with E-state index in [0.29, 0.717) is 41.4 Å². The van der Waals surface area contributed by atoms with Crippen molar-refractivity contribution in [3.05, 3.63) is 83.0 Å². The van der Waals surface area contributed by atoms with Gasteiger partial charge < -0.3 is 15.6 Å². The van der Waals surface area contributed by atoms with Crippen LogP contribution in [0.4, 0.5) is 20.2 Å². The molecular formula is C28H23ClF2N5O2+. The Bertz CT molecular complexity index is 1560. The summed E-state index contributed by atoms with van der Waals surface area (Å²) in [4.78, 5) is 35.0. The highest BCUT2D eigenvalue weighted by Gasteiger charge is 2.42. The third-order valence-electron chi connectivity index (χ3n) is 7.33. The monoisotopic (exact) mass is 534 g/mol. The molecule has 192 valence electrons. The Hall–Kier alpha value is -4.11. The SMILES string of the molecule is O=CNc1ccc2c(c1)NC(=O)CC1CC1CC(c1ccc(-c3c(F)ccc(Cl)c3F)c[nH+]1)c1ncc-2[nH]1. The molecule has 2 aromatic heterocycles. The highest BCUT2D eigenvalue weighted by molar-refractivity contribution is 6.31. The van der Waals surface area contributed by atoms with Gasteiger partial charge in [-0.3, -0.25) is 9.59 Å². The Labute approximate surface area is 221 Å². The number of nitrogens with zero attached hydrogens (tertiary/aromatic N) is 1. The standard InChI is InChI=1S/C28H22ClF2N5O2/c29-20-4-5-21(30)26(27(20)31)14-1-6-22(32-11-14)19-8-15-7-16(15)9-25(38)35-23-10-17(34-13-37)2-3-18(23)24-12-33-28(19)36-24/h1-6,10-13,15-16,19H,7-9H2,(H,33,36)(H,34,37)(H,35,38)/p+1. The fourth-order valence-electron chi connectivity index (χ4n) is 5.27. The maximum Gasteiger partial charge on any atom is 0.224 e. The molecule has 3 heterocycles. The van der Waals surface area contributed by atoms with Crippen LogP contribution in [-0.4, -0.2) is 22.3 Å². The van der Waals surface area contributed by atoms with Gasteiger partial charge in [0.1, 0.15) is 17.6 Å². The van der Waals surface area contributed by atoms with E-state index in [1.54, 1.807) is 30.6 Å². The van der Waals surface area contributed by atoms with E-state index < -0.39 is 11.6 Å².